The van der Waals surface area contributed by atoms with Gasteiger partial charge in [-0.3, -0.25) is 9.69 Å². The molecule has 132 valence electrons. The molecule has 25 heavy (non-hydrogen) atoms. The van der Waals surface area contributed by atoms with Crippen molar-refractivity contribution in [2.24, 2.45) is 0 Å². The fourth-order valence-corrected chi connectivity index (χ4v) is 3.32. The van der Waals surface area contributed by atoms with Gasteiger partial charge in [-0.15, -0.1) is 0 Å². The van der Waals surface area contributed by atoms with Crippen LogP contribution in [0.15, 0.2) is 36.4 Å². The van der Waals surface area contributed by atoms with Crippen LogP contribution in [0.1, 0.15) is 24.5 Å². The van der Waals surface area contributed by atoms with Crippen molar-refractivity contribution in [3.8, 4) is 5.75 Å². The highest BCUT2D eigenvalue weighted by atomic mass is 16.5. The molecule has 5 nitrogen and oxygen atoms in total. The quantitative estimate of drug-likeness (QED) is 0.909. The Labute approximate surface area is 147 Å². The maximum Gasteiger partial charge on any atom is 0.234 e. The molecule has 2 fully saturated rings. The van der Waals surface area contributed by atoms with Crippen molar-refractivity contribution in [3.63, 3.8) is 0 Å². The lowest BCUT2D eigenvalue weighted by molar-refractivity contribution is -0.124. The van der Waals surface area contributed by atoms with Gasteiger partial charge in [0.15, 0.2) is 0 Å². The predicted molar refractivity (Wildman–Crippen MR) is 96.8 cm³/mol. The molecule has 1 aliphatic heterocycles. The van der Waals surface area contributed by atoms with Crippen molar-refractivity contribution in [1.29, 1.82) is 0 Å². The van der Waals surface area contributed by atoms with Crippen molar-refractivity contribution in [2.75, 3.05) is 33.4 Å². The van der Waals surface area contributed by atoms with E-state index in [9.17, 15) is 4.79 Å². The lowest BCUT2D eigenvalue weighted by atomic mass is 10.0. The summed E-state index contributed by atoms with van der Waals surface area (Å²) < 4.78 is 11.2. The monoisotopic (exact) mass is 340 g/mol. The van der Waals surface area contributed by atoms with Crippen LogP contribution in [0.25, 0.3) is 10.8 Å². The Bertz CT molecular complexity index is 773. The van der Waals surface area contributed by atoms with Crippen molar-refractivity contribution < 1.29 is 14.3 Å². The molecule has 1 aliphatic carbocycles. The van der Waals surface area contributed by atoms with Gasteiger partial charge >= 0.3 is 0 Å². The number of methoxy groups -OCH3 is 1. The van der Waals surface area contributed by atoms with E-state index in [1.54, 1.807) is 7.11 Å². The van der Waals surface area contributed by atoms with Crippen LogP contribution >= 0.6 is 0 Å². The largest absolute Gasteiger partial charge is 0.497 e. The molecule has 0 radical (unpaired) electrons. The Kier molecular flexibility index (Phi) is 4.59. The van der Waals surface area contributed by atoms with Gasteiger partial charge in [-0.2, -0.15) is 0 Å². The fraction of sp³-hybridized carbons (Fsp3) is 0.450. The zero-order valence-electron chi connectivity index (χ0n) is 14.5. The molecule has 2 aliphatic rings. The molecule has 0 aromatic heterocycles. The summed E-state index contributed by atoms with van der Waals surface area (Å²) in [4.78, 5) is 14.2. The number of morpholine rings is 1. The second kappa shape index (κ2) is 7.02. The molecule has 0 unspecified atom stereocenters. The SMILES string of the molecule is COc1ccc2cc([C@@H]3CN(CC(=O)NC4CC4)CCO3)ccc2c1. The summed E-state index contributed by atoms with van der Waals surface area (Å²) in [5.74, 6) is 0.996. The van der Waals surface area contributed by atoms with Crippen molar-refractivity contribution >= 4 is 16.7 Å². The molecule has 0 spiro atoms. The first-order chi connectivity index (χ1) is 12.2. The highest BCUT2D eigenvalue weighted by Crippen LogP contribution is 2.28. The normalized spacial score (nSPS) is 21.2. The van der Waals surface area contributed by atoms with E-state index in [2.05, 4.69) is 34.5 Å². The van der Waals surface area contributed by atoms with Gasteiger partial charge in [0.25, 0.3) is 0 Å². The number of rotatable bonds is 5. The topological polar surface area (TPSA) is 50.8 Å². The van der Waals surface area contributed by atoms with Gasteiger partial charge < -0.3 is 14.8 Å². The van der Waals surface area contributed by atoms with E-state index in [0.717, 1.165) is 42.6 Å². The number of nitrogens with one attached hydrogen (secondary N) is 1. The Morgan fingerprint density at radius 1 is 1.24 bits per heavy atom. The van der Waals surface area contributed by atoms with Gasteiger partial charge in [-0.1, -0.05) is 18.2 Å². The molecule has 2 aromatic rings. The summed E-state index contributed by atoms with van der Waals surface area (Å²) in [6, 6.07) is 12.9. The molecule has 1 atom stereocenters. The van der Waals surface area contributed by atoms with E-state index in [-0.39, 0.29) is 12.0 Å². The van der Waals surface area contributed by atoms with Gasteiger partial charge in [-0.05, 0) is 47.4 Å². The number of nitrogens with zero attached hydrogens (tertiary/aromatic N) is 1. The molecule has 1 N–H and O–H groups in total. The van der Waals surface area contributed by atoms with Crippen LogP contribution in [-0.2, 0) is 9.53 Å². The molecule has 1 saturated heterocycles. The molecule has 0 bridgehead atoms. The standard InChI is InChI=1S/C20H24N2O3/c1-24-18-7-4-14-10-16(3-2-15(14)11-18)19-12-22(8-9-25-19)13-20(23)21-17-5-6-17/h2-4,7,10-11,17,19H,5-6,8-9,12-13H2,1H3,(H,21,23)/t19-/m0/s1. The second-order valence-corrected chi connectivity index (χ2v) is 6.91. The zero-order chi connectivity index (χ0) is 17.2. The van der Waals surface area contributed by atoms with Gasteiger partial charge in [0, 0.05) is 19.1 Å². The molecular formula is C20H24N2O3. The molecule has 2 aromatic carbocycles. The molecule has 1 heterocycles. The van der Waals surface area contributed by atoms with Crippen LogP contribution in [0.4, 0.5) is 0 Å². The van der Waals surface area contributed by atoms with Crippen LogP contribution in [0, 0.1) is 0 Å². The van der Waals surface area contributed by atoms with Crippen LogP contribution in [-0.4, -0.2) is 50.2 Å². The van der Waals surface area contributed by atoms with E-state index < -0.39 is 0 Å². The fourth-order valence-electron chi connectivity index (χ4n) is 3.32. The first-order valence-corrected chi connectivity index (χ1v) is 8.92. The molecule has 4 rings (SSSR count). The summed E-state index contributed by atoms with van der Waals surface area (Å²) in [5, 5.41) is 5.38. The van der Waals surface area contributed by atoms with Crippen LogP contribution in [0.5, 0.6) is 5.75 Å². The third kappa shape index (κ3) is 3.94. The molecular weight excluding hydrogens is 316 g/mol. The maximum atomic E-state index is 12.0. The van der Waals surface area contributed by atoms with Crippen LogP contribution in [0.3, 0.4) is 0 Å². The molecule has 1 amide bonds. The third-order valence-corrected chi connectivity index (χ3v) is 4.90. The summed E-state index contributed by atoms with van der Waals surface area (Å²) >= 11 is 0. The summed E-state index contributed by atoms with van der Waals surface area (Å²) in [5.41, 5.74) is 1.16. The Hall–Kier alpha value is -2.11. The summed E-state index contributed by atoms with van der Waals surface area (Å²) in [7, 11) is 1.68. The minimum atomic E-state index is 0.00831. The van der Waals surface area contributed by atoms with Crippen LogP contribution < -0.4 is 10.1 Å². The minimum absolute atomic E-state index is 0.00831. The number of carbonyl (C=O) groups excluding carboxylic acids is 1. The number of amides is 1. The number of hydrogen-bond donors (Lipinski definition) is 1. The lowest BCUT2D eigenvalue weighted by Crippen LogP contribution is -2.44. The number of ether oxygens (including phenoxy) is 2. The Morgan fingerprint density at radius 2 is 2.04 bits per heavy atom. The number of fused-ring (bicyclic) bond motifs is 1. The van der Waals surface area contributed by atoms with Gasteiger partial charge in [0.05, 0.1) is 26.4 Å². The molecule has 5 heteroatoms. The van der Waals surface area contributed by atoms with E-state index >= 15 is 0 Å². The number of hydrogen-bond acceptors (Lipinski definition) is 4. The predicted octanol–water partition coefficient (Wildman–Crippen LogP) is 2.50. The lowest BCUT2D eigenvalue weighted by Gasteiger charge is -2.32. The summed E-state index contributed by atoms with van der Waals surface area (Å²) in [6.45, 7) is 2.67. The molecule has 1 saturated carbocycles. The van der Waals surface area contributed by atoms with Gasteiger partial charge in [0.1, 0.15) is 5.75 Å². The Morgan fingerprint density at radius 3 is 2.84 bits per heavy atom. The highest BCUT2D eigenvalue weighted by Gasteiger charge is 2.27. The zero-order valence-corrected chi connectivity index (χ0v) is 14.5. The minimum Gasteiger partial charge on any atom is -0.497 e. The second-order valence-electron chi connectivity index (χ2n) is 6.91. The van der Waals surface area contributed by atoms with Crippen LogP contribution in [0.2, 0.25) is 0 Å². The van der Waals surface area contributed by atoms with E-state index in [0.29, 0.717) is 19.2 Å². The van der Waals surface area contributed by atoms with E-state index in [4.69, 9.17) is 9.47 Å². The smallest absolute Gasteiger partial charge is 0.234 e. The van der Waals surface area contributed by atoms with Gasteiger partial charge in [-0.25, -0.2) is 0 Å². The van der Waals surface area contributed by atoms with Crippen molar-refractivity contribution in [1.82, 2.24) is 10.2 Å². The highest BCUT2D eigenvalue weighted by molar-refractivity contribution is 5.84. The average molecular weight is 340 g/mol. The van der Waals surface area contributed by atoms with E-state index in [1.165, 1.54) is 5.39 Å². The van der Waals surface area contributed by atoms with E-state index in [1.807, 2.05) is 12.1 Å². The maximum absolute atomic E-state index is 12.0. The first-order valence-electron chi connectivity index (χ1n) is 8.92. The van der Waals surface area contributed by atoms with Crippen molar-refractivity contribution in [2.45, 2.75) is 25.0 Å². The number of carbonyl (C=O) groups is 1. The average Bonchev–Trinajstić information content (AvgIpc) is 3.44. The van der Waals surface area contributed by atoms with Crippen molar-refractivity contribution in [3.05, 3.63) is 42.0 Å². The third-order valence-electron chi connectivity index (χ3n) is 4.90. The van der Waals surface area contributed by atoms with Gasteiger partial charge in [0.2, 0.25) is 5.91 Å². The number of benzene rings is 2. The first kappa shape index (κ1) is 16.4. The summed E-state index contributed by atoms with van der Waals surface area (Å²) in [6.07, 6.45) is 2.26. The Balaban J connectivity index is 1.44.